The lowest BCUT2D eigenvalue weighted by molar-refractivity contribution is 0.0528. The number of aromatic nitrogens is 2. The van der Waals surface area contributed by atoms with Gasteiger partial charge in [-0.05, 0) is 37.0 Å². The van der Waals surface area contributed by atoms with E-state index < -0.39 is 5.60 Å². The monoisotopic (exact) mass is 335 g/mol. The van der Waals surface area contributed by atoms with Crippen LogP contribution >= 0.6 is 11.6 Å². The Morgan fingerprint density at radius 1 is 1.30 bits per heavy atom. The molecule has 1 aromatic heterocycles. The molecule has 2 atom stereocenters. The molecule has 0 bridgehead atoms. The lowest BCUT2D eigenvalue weighted by Crippen LogP contribution is -2.37. The Kier molecular flexibility index (Phi) is 5.84. The van der Waals surface area contributed by atoms with Gasteiger partial charge in [0.2, 0.25) is 0 Å². The van der Waals surface area contributed by atoms with E-state index in [2.05, 4.69) is 24.3 Å². The number of aryl methyl sites for hydroxylation is 1. The van der Waals surface area contributed by atoms with Crippen LogP contribution in [0, 0.1) is 5.92 Å². The molecule has 2 aromatic rings. The van der Waals surface area contributed by atoms with E-state index in [1.54, 1.807) is 10.9 Å². The third-order valence-corrected chi connectivity index (χ3v) is 4.25. The summed E-state index contributed by atoms with van der Waals surface area (Å²) >= 11 is 5.98. The molecule has 0 amide bonds. The van der Waals surface area contributed by atoms with E-state index in [0.717, 1.165) is 17.0 Å². The molecule has 1 aromatic carbocycles. The fourth-order valence-corrected chi connectivity index (χ4v) is 2.75. The van der Waals surface area contributed by atoms with Crippen LogP contribution in [0.3, 0.4) is 0 Å². The number of hydrogen-bond donors (Lipinski definition) is 2. The van der Waals surface area contributed by atoms with Crippen LogP contribution in [0.25, 0.3) is 0 Å². The highest BCUT2D eigenvalue weighted by Crippen LogP contribution is 2.25. The average molecular weight is 336 g/mol. The molecule has 0 saturated carbocycles. The molecule has 0 saturated heterocycles. The van der Waals surface area contributed by atoms with Gasteiger partial charge in [0.1, 0.15) is 5.60 Å². The fraction of sp³-hybridized carbons (Fsp3) is 0.500. The van der Waals surface area contributed by atoms with Crippen LogP contribution in [0.4, 0.5) is 0 Å². The summed E-state index contributed by atoms with van der Waals surface area (Å²) in [5.74, 6) is 0.548. The highest BCUT2D eigenvalue weighted by Gasteiger charge is 2.26. The topological polar surface area (TPSA) is 50.1 Å². The van der Waals surface area contributed by atoms with Gasteiger partial charge in [-0.25, -0.2) is 0 Å². The van der Waals surface area contributed by atoms with Gasteiger partial charge >= 0.3 is 0 Å². The van der Waals surface area contributed by atoms with Crippen LogP contribution in [0.1, 0.15) is 44.4 Å². The highest BCUT2D eigenvalue weighted by atomic mass is 35.5. The summed E-state index contributed by atoms with van der Waals surface area (Å²) in [6, 6.07) is 8.08. The van der Waals surface area contributed by atoms with Crippen LogP contribution in [0.15, 0.2) is 36.7 Å². The molecule has 0 aliphatic heterocycles. The van der Waals surface area contributed by atoms with E-state index >= 15 is 0 Å². The van der Waals surface area contributed by atoms with E-state index in [1.165, 1.54) is 5.56 Å². The van der Waals surface area contributed by atoms with Crippen molar-refractivity contribution in [2.45, 2.75) is 38.8 Å². The minimum Gasteiger partial charge on any atom is -0.384 e. The molecule has 4 nitrogen and oxygen atoms in total. The summed E-state index contributed by atoms with van der Waals surface area (Å²) in [6.45, 7) is 6.66. The van der Waals surface area contributed by atoms with E-state index in [-0.39, 0.29) is 6.04 Å². The molecule has 1 heterocycles. The van der Waals surface area contributed by atoms with Crippen molar-refractivity contribution in [1.29, 1.82) is 0 Å². The van der Waals surface area contributed by atoms with Gasteiger partial charge in [0, 0.05) is 36.4 Å². The number of hydrogen-bond acceptors (Lipinski definition) is 3. The zero-order chi connectivity index (χ0) is 17.0. The van der Waals surface area contributed by atoms with Crippen molar-refractivity contribution in [2.75, 3.05) is 6.54 Å². The van der Waals surface area contributed by atoms with Crippen LogP contribution in [0.2, 0.25) is 5.02 Å². The minimum atomic E-state index is -0.962. The molecule has 0 spiro atoms. The Labute approximate surface area is 143 Å². The molecule has 0 radical (unpaired) electrons. The molecular formula is C18H26ClN3O. The van der Waals surface area contributed by atoms with Crippen molar-refractivity contribution >= 4 is 11.6 Å². The van der Waals surface area contributed by atoms with Crippen molar-refractivity contribution in [3.63, 3.8) is 0 Å². The Balaban J connectivity index is 2.10. The highest BCUT2D eigenvalue weighted by molar-refractivity contribution is 6.30. The molecule has 2 unspecified atom stereocenters. The van der Waals surface area contributed by atoms with E-state index in [0.29, 0.717) is 12.5 Å². The Hall–Kier alpha value is -1.36. The summed E-state index contributed by atoms with van der Waals surface area (Å²) in [6.07, 6.45) is 4.55. The fourth-order valence-electron chi connectivity index (χ4n) is 2.63. The zero-order valence-electron chi connectivity index (χ0n) is 14.3. The van der Waals surface area contributed by atoms with Crippen LogP contribution in [0.5, 0.6) is 0 Å². The van der Waals surface area contributed by atoms with Gasteiger partial charge in [-0.15, -0.1) is 0 Å². The summed E-state index contributed by atoms with van der Waals surface area (Å²) in [7, 11) is 1.85. The van der Waals surface area contributed by atoms with Gasteiger partial charge in [-0.2, -0.15) is 5.10 Å². The lowest BCUT2D eigenvalue weighted by atomic mass is 9.94. The standard InChI is InChI=1S/C18H26ClN3O/c1-13(2)9-17(14-5-7-16(19)8-6-14)20-12-18(3,23)15-10-21-22(4)11-15/h5-8,10-11,13,17,20,23H,9,12H2,1-4H3. The Morgan fingerprint density at radius 3 is 2.48 bits per heavy atom. The number of rotatable bonds is 7. The molecule has 126 valence electrons. The maximum Gasteiger partial charge on any atom is 0.102 e. The maximum atomic E-state index is 10.7. The zero-order valence-corrected chi connectivity index (χ0v) is 15.0. The first kappa shape index (κ1) is 18.0. The van der Waals surface area contributed by atoms with E-state index in [9.17, 15) is 5.11 Å². The van der Waals surface area contributed by atoms with Gasteiger partial charge < -0.3 is 10.4 Å². The van der Waals surface area contributed by atoms with Crippen molar-refractivity contribution in [1.82, 2.24) is 15.1 Å². The minimum absolute atomic E-state index is 0.176. The number of nitrogens with zero attached hydrogens (tertiary/aromatic N) is 2. The molecule has 23 heavy (non-hydrogen) atoms. The predicted molar refractivity (Wildman–Crippen MR) is 94.4 cm³/mol. The van der Waals surface area contributed by atoms with Crippen molar-refractivity contribution in [3.8, 4) is 0 Å². The van der Waals surface area contributed by atoms with E-state index in [1.807, 2.05) is 44.4 Å². The average Bonchev–Trinajstić information content (AvgIpc) is 2.91. The van der Waals surface area contributed by atoms with E-state index in [4.69, 9.17) is 11.6 Å². The SMILES string of the molecule is CC(C)CC(NCC(C)(O)c1cnn(C)c1)c1ccc(Cl)cc1. The predicted octanol–water partition coefficient (Wildman–Crippen LogP) is 3.66. The smallest absolute Gasteiger partial charge is 0.102 e. The number of benzene rings is 1. The summed E-state index contributed by atoms with van der Waals surface area (Å²) in [5, 5.41) is 19.1. The lowest BCUT2D eigenvalue weighted by Gasteiger charge is -2.28. The quantitative estimate of drug-likeness (QED) is 0.812. The van der Waals surface area contributed by atoms with Crippen molar-refractivity contribution in [2.24, 2.45) is 13.0 Å². The molecule has 0 aliphatic carbocycles. The Bertz CT molecular complexity index is 619. The third kappa shape index (κ3) is 5.06. The molecule has 0 fully saturated rings. The second kappa shape index (κ2) is 7.47. The maximum absolute atomic E-state index is 10.7. The van der Waals surface area contributed by atoms with Gasteiger partial charge in [0.25, 0.3) is 0 Å². The second-order valence-electron chi connectivity index (χ2n) is 6.79. The van der Waals surface area contributed by atoms with Gasteiger partial charge in [0.05, 0.1) is 6.20 Å². The van der Waals surface area contributed by atoms with Gasteiger partial charge in [0.15, 0.2) is 0 Å². The van der Waals surface area contributed by atoms with Gasteiger partial charge in [-0.1, -0.05) is 37.6 Å². The molecule has 2 rings (SSSR count). The van der Waals surface area contributed by atoms with Gasteiger partial charge in [-0.3, -0.25) is 4.68 Å². The number of nitrogens with one attached hydrogen (secondary N) is 1. The molecule has 5 heteroatoms. The largest absolute Gasteiger partial charge is 0.384 e. The van der Waals surface area contributed by atoms with Crippen LogP contribution in [-0.2, 0) is 12.6 Å². The molecule has 2 N–H and O–H groups in total. The summed E-state index contributed by atoms with van der Waals surface area (Å²) in [4.78, 5) is 0. The first-order chi connectivity index (χ1) is 10.8. The van der Waals surface area contributed by atoms with Crippen LogP contribution < -0.4 is 5.32 Å². The summed E-state index contributed by atoms with van der Waals surface area (Å²) < 4.78 is 1.70. The van der Waals surface area contributed by atoms with Crippen molar-refractivity contribution in [3.05, 3.63) is 52.8 Å². The molecule has 0 aliphatic rings. The number of aliphatic hydroxyl groups is 1. The Morgan fingerprint density at radius 2 is 1.96 bits per heavy atom. The second-order valence-corrected chi connectivity index (χ2v) is 7.23. The first-order valence-corrected chi connectivity index (χ1v) is 8.36. The summed E-state index contributed by atoms with van der Waals surface area (Å²) in [5.41, 5.74) is 1.03. The van der Waals surface area contributed by atoms with Crippen LogP contribution in [-0.4, -0.2) is 21.4 Å². The van der Waals surface area contributed by atoms with Crippen molar-refractivity contribution < 1.29 is 5.11 Å². The first-order valence-electron chi connectivity index (χ1n) is 7.98. The molecular weight excluding hydrogens is 310 g/mol. The number of halogens is 1. The normalized spacial score (nSPS) is 15.6. The third-order valence-electron chi connectivity index (χ3n) is 4.00.